The van der Waals surface area contributed by atoms with Crippen molar-refractivity contribution in [2.24, 2.45) is 0 Å². The van der Waals surface area contributed by atoms with E-state index in [0.717, 1.165) is 12.1 Å². The molecule has 7 nitrogen and oxygen atoms in total. The SMILES string of the molecule is COCC(=O)Nc1ccc(N2C(=S)NC(c3ccccn3)C2c2cccn2-c2cccc(C(F)(F)F)c2)cc1Cl. The second kappa shape index (κ2) is 11.3. The number of nitrogens with one attached hydrogen (secondary N) is 2. The maximum absolute atomic E-state index is 13.5. The fourth-order valence-corrected chi connectivity index (χ4v) is 5.28. The highest BCUT2D eigenvalue weighted by molar-refractivity contribution is 7.80. The van der Waals surface area contributed by atoms with Crippen LogP contribution >= 0.6 is 23.8 Å². The van der Waals surface area contributed by atoms with Gasteiger partial charge in [0.1, 0.15) is 12.6 Å². The fraction of sp³-hybridized carbons (Fsp3) is 0.179. The monoisotopic (exact) mass is 585 g/mol. The number of anilines is 2. The van der Waals surface area contributed by atoms with E-state index in [4.69, 9.17) is 28.6 Å². The van der Waals surface area contributed by atoms with Crippen molar-refractivity contribution in [3.05, 3.63) is 107 Å². The molecule has 1 aliphatic rings. The number of carbonyl (C=O) groups excluding carboxylic acids is 1. The molecule has 2 aromatic carbocycles. The number of halogens is 4. The topological polar surface area (TPSA) is 71.4 Å². The Morgan fingerprint density at radius 1 is 1.10 bits per heavy atom. The number of benzene rings is 2. The number of amides is 1. The van der Waals surface area contributed by atoms with Crippen LogP contribution in [0.1, 0.15) is 29.0 Å². The van der Waals surface area contributed by atoms with E-state index in [2.05, 4.69) is 15.6 Å². The van der Waals surface area contributed by atoms with Crippen molar-refractivity contribution in [3.8, 4) is 5.69 Å². The summed E-state index contributed by atoms with van der Waals surface area (Å²) in [5, 5.41) is 6.67. The molecule has 2 unspecified atom stereocenters. The number of thiocarbonyl (C=S) groups is 1. The van der Waals surface area contributed by atoms with Crippen LogP contribution in [0.25, 0.3) is 5.69 Å². The number of hydrogen-bond acceptors (Lipinski definition) is 4. The first-order chi connectivity index (χ1) is 19.2. The van der Waals surface area contributed by atoms with Crippen molar-refractivity contribution in [1.82, 2.24) is 14.9 Å². The predicted molar refractivity (Wildman–Crippen MR) is 151 cm³/mol. The molecule has 2 aromatic heterocycles. The lowest BCUT2D eigenvalue weighted by Gasteiger charge is -2.29. The molecule has 5 rings (SSSR count). The van der Waals surface area contributed by atoms with E-state index in [1.54, 1.807) is 53.4 Å². The second-order valence-electron chi connectivity index (χ2n) is 8.99. The predicted octanol–water partition coefficient (Wildman–Crippen LogP) is 6.31. The van der Waals surface area contributed by atoms with Gasteiger partial charge < -0.3 is 24.8 Å². The first-order valence-electron chi connectivity index (χ1n) is 12.1. The highest BCUT2D eigenvalue weighted by Crippen LogP contribution is 2.43. The van der Waals surface area contributed by atoms with Crippen molar-refractivity contribution in [3.63, 3.8) is 0 Å². The van der Waals surface area contributed by atoms with Crippen molar-refractivity contribution in [2.75, 3.05) is 23.9 Å². The lowest BCUT2D eigenvalue weighted by Crippen LogP contribution is -2.30. The summed E-state index contributed by atoms with van der Waals surface area (Å²) in [6.07, 6.45) is -1.11. The summed E-state index contributed by atoms with van der Waals surface area (Å²) in [7, 11) is 1.42. The van der Waals surface area contributed by atoms with E-state index in [1.165, 1.54) is 13.2 Å². The Balaban J connectivity index is 1.60. The van der Waals surface area contributed by atoms with Gasteiger partial charge in [0.2, 0.25) is 5.91 Å². The van der Waals surface area contributed by atoms with Gasteiger partial charge >= 0.3 is 6.18 Å². The van der Waals surface area contributed by atoms with Crippen LogP contribution in [0.15, 0.2) is 85.2 Å². The van der Waals surface area contributed by atoms with E-state index < -0.39 is 23.8 Å². The van der Waals surface area contributed by atoms with Crippen LogP contribution in [0.3, 0.4) is 0 Å². The quantitative estimate of drug-likeness (QED) is 0.248. The van der Waals surface area contributed by atoms with Gasteiger partial charge in [-0.1, -0.05) is 23.7 Å². The maximum Gasteiger partial charge on any atom is 0.416 e. The lowest BCUT2D eigenvalue weighted by molar-refractivity contribution is -0.137. The molecule has 4 aromatic rings. The van der Waals surface area contributed by atoms with Crippen LogP contribution in [0.5, 0.6) is 0 Å². The summed E-state index contributed by atoms with van der Waals surface area (Å²) in [6.45, 7) is -0.126. The number of nitrogens with zero attached hydrogens (tertiary/aromatic N) is 3. The number of rotatable bonds is 7. The molecular weight excluding hydrogens is 563 g/mol. The molecule has 2 atom stereocenters. The Hall–Kier alpha value is -3.93. The molecule has 1 fully saturated rings. The molecule has 0 spiro atoms. The largest absolute Gasteiger partial charge is 0.416 e. The van der Waals surface area contributed by atoms with Crippen molar-refractivity contribution in [1.29, 1.82) is 0 Å². The van der Waals surface area contributed by atoms with Crippen LogP contribution < -0.4 is 15.5 Å². The van der Waals surface area contributed by atoms with Gasteiger partial charge in [0.25, 0.3) is 0 Å². The minimum Gasteiger partial charge on any atom is -0.375 e. The van der Waals surface area contributed by atoms with Gasteiger partial charge in [0.15, 0.2) is 5.11 Å². The molecule has 0 bridgehead atoms. The van der Waals surface area contributed by atoms with Gasteiger partial charge in [-0.25, -0.2) is 0 Å². The third-order valence-corrected chi connectivity index (χ3v) is 7.04. The van der Waals surface area contributed by atoms with Gasteiger partial charge in [-0.3, -0.25) is 9.78 Å². The van der Waals surface area contributed by atoms with Crippen LogP contribution in [0, 0.1) is 0 Å². The number of ether oxygens (including phenoxy) is 1. The Bertz CT molecular complexity index is 1550. The molecule has 0 saturated carbocycles. The molecular formula is C28H23ClF3N5O2S. The van der Waals surface area contributed by atoms with E-state index >= 15 is 0 Å². The van der Waals surface area contributed by atoms with Crippen molar-refractivity contribution >= 4 is 46.2 Å². The summed E-state index contributed by atoms with van der Waals surface area (Å²) < 4.78 is 47.1. The standard InChI is InChI=1S/C28H23ClF3N5O2S/c1-39-16-24(38)34-21-11-10-19(15-20(21)29)37-26(25(35-27(37)40)22-8-2-3-12-33-22)23-9-5-13-36(23)18-7-4-6-17(14-18)28(30,31)32/h2-15,25-26H,16H2,1H3,(H,34,38)(H,35,40). The Morgan fingerprint density at radius 2 is 1.93 bits per heavy atom. The molecule has 0 radical (unpaired) electrons. The van der Waals surface area contributed by atoms with Crippen LogP contribution in [0.4, 0.5) is 24.5 Å². The molecule has 12 heteroatoms. The number of methoxy groups -OCH3 is 1. The van der Waals surface area contributed by atoms with E-state index in [1.807, 2.05) is 23.1 Å². The zero-order chi connectivity index (χ0) is 28.4. The zero-order valence-corrected chi connectivity index (χ0v) is 22.6. The minimum atomic E-state index is -4.49. The van der Waals surface area contributed by atoms with Crippen molar-refractivity contribution < 1.29 is 22.7 Å². The minimum absolute atomic E-state index is 0.126. The van der Waals surface area contributed by atoms with E-state index in [9.17, 15) is 18.0 Å². The molecule has 0 aliphatic carbocycles. The van der Waals surface area contributed by atoms with Gasteiger partial charge in [-0.05, 0) is 72.9 Å². The first-order valence-corrected chi connectivity index (χ1v) is 12.9. The van der Waals surface area contributed by atoms with Gasteiger partial charge in [0, 0.05) is 36.6 Å². The zero-order valence-electron chi connectivity index (χ0n) is 21.0. The Morgan fingerprint density at radius 3 is 2.62 bits per heavy atom. The average molecular weight is 586 g/mol. The van der Waals surface area contributed by atoms with Gasteiger partial charge in [0.05, 0.1) is 28.0 Å². The molecule has 1 saturated heterocycles. The number of alkyl halides is 3. The van der Waals surface area contributed by atoms with Crippen LogP contribution in [0.2, 0.25) is 5.02 Å². The molecule has 1 amide bonds. The highest BCUT2D eigenvalue weighted by atomic mass is 35.5. The average Bonchev–Trinajstić information content (AvgIpc) is 3.54. The summed E-state index contributed by atoms with van der Waals surface area (Å²) in [5.74, 6) is -0.359. The third kappa shape index (κ3) is 5.53. The van der Waals surface area contributed by atoms with Crippen molar-refractivity contribution in [2.45, 2.75) is 18.3 Å². The second-order valence-corrected chi connectivity index (χ2v) is 9.79. The molecule has 40 heavy (non-hydrogen) atoms. The smallest absolute Gasteiger partial charge is 0.375 e. The first kappa shape index (κ1) is 27.6. The normalized spacial score (nSPS) is 17.1. The molecule has 3 heterocycles. The number of aromatic nitrogens is 2. The summed E-state index contributed by atoms with van der Waals surface area (Å²) in [5.41, 5.74) is 1.99. The Kier molecular flexibility index (Phi) is 7.79. The lowest BCUT2D eigenvalue weighted by atomic mass is 10.0. The molecule has 206 valence electrons. The molecule has 2 N–H and O–H groups in total. The van der Waals surface area contributed by atoms with E-state index in [0.29, 0.717) is 33.6 Å². The summed E-state index contributed by atoms with van der Waals surface area (Å²) in [6, 6.07) is 18.4. The maximum atomic E-state index is 13.5. The molecule has 1 aliphatic heterocycles. The van der Waals surface area contributed by atoms with Crippen LogP contribution in [-0.2, 0) is 15.7 Å². The Labute approximate surface area is 238 Å². The summed E-state index contributed by atoms with van der Waals surface area (Å²) in [4.78, 5) is 18.4. The third-order valence-electron chi connectivity index (χ3n) is 6.41. The number of pyridine rings is 1. The fourth-order valence-electron chi connectivity index (χ4n) is 4.71. The highest BCUT2D eigenvalue weighted by Gasteiger charge is 2.42. The van der Waals surface area contributed by atoms with Crippen LogP contribution in [-0.4, -0.2) is 34.3 Å². The number of hydrogen-bond donors (Lipinski definition) is 2. The van der Waals surface area contributed by atoms with Gasteiger partial charge in [-0.15, -0.1) is 0 Å². The summed E-state index contributed by atoms with van der Waals surface area (Å²) >= 11 is 12.3. The number of carbonyl (C=O) groups is 1. The van der Waals surface area contributed by atoms with E-state index in [-0.39, 0.29) is 17.5 Å². The van der Waals surface area contributed by atoms with Gasteiger partial charge in [-0.2, -0.15) is 13.2 Å².